The largest absolute Gasteiger partial charge is 0.352 e. The number of amides is 1. The second-order valence-corrected chi connectivity index (χ2v) is 5.94. The van der Waals surface area contributed by atoms with Crippen molar-refractivity contribution in [3.8, 4) is 0 Å². The Balaban J connectivity index is 1.52. The summed E-state index contributed by atoms with van der Waals surface area (Å²) >= 11 is 0. The second kappa shape index (κ2) is 6.65. The summed E-state index contributed by atoms with van der Waals surface area (Å²) in [5, 5.41) is 2.98. The van der Waals surface area contributed by atoms with Crippen LogP contribution in [0.3, 0.4) is 0 Å². The molecule has 23 heavy (non-hydrogen) atoms. The van der Waals surface area contributed by atoms with Gasteiger partial charge in [0, 0.05) is 20.0 Å². The molecule has 4 nitrogen and oxygen atoms in total. The van der Waals surface area contributed by atoms with Gasteiger partial charge in [-0.05, 0) is 36.6 Å². The van der Waals surface area contributed by atoms with Gasteiger partial charge < -0.3 is 9.88 Å². The number of aryl methyl sites for hydroxylation is 3. The van der Waals surface area contributed by atoms with Crippen molar-refractivity contribution in [2.24, 2.45) is 7.05 Å². The summed E-state index contributed by atoms with van der Waals surface area (Å²) in [4.78, 5) is 16.3. The molecular weight excluding hydrogens is 286 g/mol. The van der Waals surface area contributed by atoms with Crippen LogP contribution in [0.1, 0.15) is 23.1 Å². The fourth-order valence-electron chi connectivity index (χ4n) is 2.59. The molecule has 0 fully saturated rings. The Kier molecular flexibility index (Phi) is 4.42. The van der Waals surface area contributed by atoms with E-state index in [0.29, 0.717) is 13.0 Å². The zero-order chi connectivity index (χ0) is 16.2. The molecule has 4 heteroatoms. The first-order valence-corrected chi connectivity index (χ1v) is 7.84. The van der Waals surface area contributed by atoms with Crippen molar-refractivity contribution in [2.45, 2.75) is 26.3 Å². The molecule has 1 heterocycles. The quantitative estimate of drug-likeness (QED) is 0.787. The maximum Gasteiger partial charge on any atom is 0.220 e. The summed E-state index contributed by atoms with van der Waals surface area (Å²) in [5.74, 6) is 0.0756. The summed E-state index contributed by atoms with van der Waals surface area (Å²) in [6.07, 6.45) is 3.08. The van der Waals surface area contributed by atoms with Crippen molar-refractivity contribution in [3.63, 3.8) is 0 Å². The molecule has 0 saturated heterocycles. The van der Waals surface area contributed by atoms with Crippen LogP contribution in [0, 0.1) is 6.92 Å². The molecule has 1 N–H and O–H groups in total. The Morgan fingerprint density at radius 3 is 2.65 bits per heavy atom. The number of benzene rings is 2. The first-order chi connectivity index (χ1) is 11.1. The topological polar surface area (TPSA) is 46.9 Å². The van der Waals surface area contributed by atoms with Gasteiger partial charge in [0.05, 0.1) is 17.4 Å². The van der Waals surface area contributed by atoms with Gasteiger partial charge in [-0.25, -0.2) is 4.98 Å². The number of imidazole rings is 1. The highest BCUT2D eigenvalue weighted by molar-refractivity contribution is 5.77. The Hall–Kier alpha value is -2.62. The zero-order valence-electron chi connectivity index (χ0n) is 13.5. The van der Waals surface area contributed by atoms with Crippen molar-refractivity contribution < 1.29 is 4.79 Å². The molecule has 3 aromatic rings. The highest BCUT2D eigenvalue weighted by Crippen LogP contribution is 2.13. The number of hydrogen-bond acceptors (Lipinski definition) is 2. The average Bonchev–Trinajstić information content (AvgIpc) is 2.93. The summed E-state index contributed by atoms with van der Waals surface area (Å²) in [7, 11) is 1.97. The van der Waals surface area contributed by atoms with Gasteiger partial charge in [-0.2, -0.15) is 0 Å². The predicted molar refractivity (Wildman–Crippen MR) is 92.1 cm³/mol. The monoisotopic (exact) mass is 307 g/mol. The normalized spacial score (nSPS) is 10.9. The molecule has 0 saturated carbocycles. The number of nitrogens with zero attached hydrogens (tertiary/aromatic N) is 2. The fraction of sp³-hybridized carbons (Fsp3) is 0.263. The van der Waals surface area contributed by atoms with E-state index in [1.54, 1.807) is 6.33 Å². The zero-order valence-corrected chi connectivity index (χ0v) is 13.5. The highest BCUT2D eigenvalue weighted by atomic mass is 16.1. The van der Waals surface area contributed by atoms with Gasteiger partial charge in [-0.1, -0.05) is 35.9 Å². The van der Waals surface area contributed by atoms with Crippen molar-refractivity contribution >= 4 is 16.9 Å². The smallest absolute Gasteiger partial charge is 0.220 e. The molecule has 0 bridgehead atoms. The number of nitrogens with one attached hydrogen (secondary N) is 1. The van der Waals surface area contributed by atoms with Gasteiger partial charge in [0.1, 0.15) is 0 Å². The van der Waals surface area contributed by atoms with E-state index >= 15 is 0 Å². The Labute approximate surface area is 136 Å². The van der Waals surface area contributed by atoms with Crippen molar-refractivity contribution in [1.29, 1.82) is 0 Å². The Morgan fingerprint density at radius 2 is 1.87 bits per heavy atom. The van der Waals surface area contributed by atoms with Crippen LogP contribution in [0.5, 0.6) is 0 Å². The molecule has 3 rings (SSSR count). The lowest BCUT2D eigenvalue weighted by Crippen LogP contribution is -2.22. The van der Waals surface area contributed by atoms with Crippen molar-refractivity contribution in [3.05, 3.63) is 65.5 Å². The van der Waals surface area contributed by atoms with E-state index in [-0.39, 0.29) is 5.91 Å². The Bertz CT molecular complexity index is 818. The third kappa shape index (κ3) is 3.77. The number of hydrogen-bond donors (Lipinski definition) is 1. The third-order valence-corrected chi connectivity index (χ3v) is 4.04. The van der Waals surface area contributed by atoms with Crippen LogP contribution in [0.4, 0.5) is 0 Å². The van der Waals surface area contributed by atoms with Gasteiger partial charge in [0.2, 0.25) is 5.91 Å². The van der Waals surface area contributed by atoms with Gasteiger partial charge in [-0.15, -0.1) is 0 Å². The van der Waals surface area contributed by atoms with Crippen LogP contribution in [0.25, 0.3) is 11.0 Å². The minimum absolute atomic E-state index is 0.0756. The average molecular weight is 307 g/mol. The Morgan fingerprint density at radius 1 is 1.13 bits per heavy atom. The predicted octanol–water partition coefficient (Wildman–Crippen LogP) is 3.13. The summed E-state index contributed by atoms with van der Waals surface area (Å²) < 4.78 is 1.99. The van der Waals surface area contributed by atoms with E-state index in [0.717, 1.165) is 23.0 Å². The van der Waals surface area contributed by atoms with Gasteiger partial charge in [0.15, 0.2) is 0 Å². The number of fused-ring (bicyclic) bond motifs is 1. The van der Waals surface area contributed by atoms with E-state index in [4.69, 9.17) is 0 Å². The summed E-state index contributed by atoms with van der Waals surface area (Å²) in [6.45, 7) is 2.61. The maximum absolute atomic E-state index is 12.0. The number of rotatable bonds is 5. The molecule has 0 aliphatic heterocycles. The van der Waals surface area contributed by atoms with Gasteiger partial charge in [0.25, 0.3) is 0 Å². The molecule has 2 aromatic carbocycles. The van der Waals surface area contributed by atoms with Gasteiger partial charge >= 0.3 is 0 Å². The van der Waals surface area contributed by atoms with Crippen LogP contribution >= 0.6 is 0 Å². The molecule has 118 valence electrons. The van der Waals surface area contributed by atoms with Crippen LogP contribution in [-0.2, 0) is 24.8 Å². The molecule has 0 aliphatic carbocycles. The van der Waals surface area contributed by atoms with E-state index in [1.165, 1.54) is 11.1 Å². The number of carbonyl (C=O) groups excluding carboxylic acids is 1. The molecule has 0 spiro atoms. The lowest BCUT2D eigenvalue weighted by Gasteiger charge is -2.06. The maximum atomic E-state index is 12.0. The van der Waals surface area contributed by atoms with Crippen LogP contribution in [0.15, 0.2) is 48.8 Å². The summed E-state index contributed by atoms with van der Waals surface area (Å²) in [5.41, 5.74) is 5.56. The summed E-state index contributed by atoms with van der Waals surface area (Å²) in [6, 6.07) is 14.4. The number of aromatic nitrogens is 2. The minimum Gasteiger partial charge on any atom is -0.352 e. The standard InChI is InChI=1S/C19H21N3O/c1-14-3-5-15(6-4-14)8-10-19(23)20-12-16-7-9-18-17(11-16)21-13-22(18)2/h3-7,9,11,13H,8,10,12H2,1-2H3,(H,20,23). The lowest BCUT2D eigenvalue weighted by atomic mass is 10.1. The highest BCUT2D eigenvalue weighted by Gasteiger charge is 2.04. The molecule has 1 amide bonds. The van der Waals surface area contributed by atoms with Gasteiger partial charge in [-0.3, -0.25) is 4.79 Å². The van der Waals surface area contributed by atoms with E-state index < -0.39 is 0 Å². The SMILES string of the molecule is Cc1ccc(CCC(=O)NCc2ccc3c(c2)ncn3C)cc1. The van der Waals surface area contributed by atoms with Crippen LogP contribution in [0.2, 0.25) is 0 Å². The van der Waals surface area contributed by atoms with Crippen LogP contribution in [-0.4, -0.2) is 15.5 Å². The molecule has 0 radical (unpaired) electrons. The minimum atomic E-state index is 0.0756. The molecule has 0 atom stereocenters. The number of carbonyl (C=O) groups is 1. The molecule has 0 unspecified atom stereocenters. The molecule has 1 aromatic heterocycles. The first-order valence-electron chi connectivity index (χ1n) is 7.84. The van der Waals surface area contributed by atoms with E-state index in [2.05, 4.69) is 41.5 Å². The molecular formula is C19H21N3O. The van der Waals surface area contributed by atoms with Crippen LogP contribution < -0.4 is 5.32 Å². The second-order valence-electron chi connectivity index (χ2n) is 5.94. The van der Waals surface area contributed by atoms with Crippen molar-refractivity contribution in [2.75, 3.05) is 0 Å². The molecule has 0 aliphatic rings. The third-order valence-electron chi connectivity index (χ3n) is 4.04. The van der Waals surface area contributed by atoms with E-state index in [9.17, 15) is 4.79 Å². The first kappa shape index (κ1) is 15.3. The lowest BCUT2D eigenvalue weighted by molar-refractivity contribution is -0.121. The van der Waals surface area contributed by atoms with Crippen molar-refractivity contribution in [1.82, 2.24) is 14.9 Å². The van der Waals surface area contributed by atoms with E-state index in [1.807, 2.05) is 29.8 Å². The fourth-order valence-corrected chi connectivity index (χ4v) is 2.59.